The predicted molar refractivity (Wildman–Crippen MR) is 103 cm³/mol. The Morgan fingerprint density at radius 1 is 1.04 bits per heavy atom. The molecular formula is C21H22N2O5. The molecule has 0 aliphatic carbocycles. The van der Waals surface area contributed by atoms with E-state index < -0.39 is 18.0 Å². The van der Waals surface area contributed by atoms with Gasteiger partial charge in [-0.15, -0.1) is 0 Å². The van der Waals surface area contributed by atoms with E-state index in [-0.39, 0.29) is 18.0 Å². The number of benzene rings is 2. The van der Waals surface area contributed by atoms with Gasteiger partial charge in [0, 0.05) is 6.54 Å². The van der Waals surface area contributed by atoms with E-state index in [2.05, 4.69) is 5.32 Å². The number of ether oxygens (including phenoxy) is 2. The second kappa shape index (κ2) is 8.56. The van der Waals surface area contributed by atoms with Crippen LogP contribution >= 0.6 is 0 Å². The number of urea groups is 1. The van der Waals surface area contributed by atoms with Gasteiger partial charge in [-0.25, -0.2) is 9.59 Å². The van der Waals surface area contributed by atoms with Crippen molar-refractivity contribution < 1.29 is 23.9 Å². The quantitative estimate of drug-likeness (QED) is 0.821. The molecule has 28 heavy (non-hydrogen) atoms. The number of carbonyl (C=O) groups is 3. The van der Waals surface area contributed by atoms with Crippen molar-refractivity contribution in [2.45, 2.75) is 18.9 Å². The Morgan fingerprint density at radius 2 is 1.75 bits per heavy atom. The van der Waals surface area contributed by atoms with E-state index >= 15 is 0 Å². The Balaban J connectivity index is 1.88. The van der Waals surface area contributed by atoms with Crippen molar-refractivity contribution in [3.63, 3.8) is 0 Å². The molecule has 146 valence electrons. The van der Waals surface area contributed by atoms with Gasteiger partial charge in [-0.05, 0) is 29.7 Å². The number of para-hydroxylation sites is 1. The molecule has 1 heterocycles. The lowest BCUT2D eigenvalue weighted by atomic mass is 9.91. The summed E-state index contributed by atoms with van der Waals surface area (Å²) in [6.07, 6.45) is 0.736. The molecule has 0 aromatic heterocycles. The van der Waals surface area contributed by atoms with Gasteiger partial charge in [-0.1, -0.05) is 36.4 Å². The summed E-state index contributed by atoms with van der Waals surface area (Å²) in [5, 5.41) is 2.78. The monoisotopic (exact) mass is 382 g/mol. The lowest BCUT2D eigenvalue weighted by molar-refractivity contribution is -0.141. The minimum absolute atomic E-state index is 0.0551. The summed E-state index contributed by atoms with van der Waals surface area (Å²) in [7, 11) is 2.61. The van der Waals surface area contributed by atoms with Gasteiger partial charge in [0.25, 0.3) is 0 Å². The Kier molecular flexibility index (Phi) is 5.93. The van der Waals surface area contributed by atoms with Gasteiger partial charge in [-0.2, -0.15) is 0 Å². The molecule has 0 saturated heterocycles. The van der Waals surface area contributed by atoms with Crippen LogP contribution in [0.2, 0.25) is 0 Å². The first-order chi connectivity index (χ1) is 13.5. The number of amides is 2. The zero-order chi connectivity index (χ0) is 20.1. The van der Waals surface area contributed by atoms with Gasteiger partial charge in [0.2, 0.25) is 0 Å². The summed E-state index contributed by atoms with van der Waals surface area (Å²) >= 11 is 0. The maximum Gasteiger partial charge on any atom is 0.339 e. The first-order valence-electron chi connectivity index (χ1n) is 8.94. The van der Waals surface area contributed by atoms with Crippen molar-refractivity contribution in [1.29, 1.82) is 0 Å². The van der Waals surface area contributed by atoms with Gasteiger partial charge < -0.3 is 19.7 Å². The van der Waals surface area contributed by atoms with Crippen LogP contribution in [0, 0.1) is 0 Å². The van der Waals surface area contributed by atoms with E-state index in [4.69, 9.17) is 9.47 Å². The summed E-state index contributed by atoms with van der Waals surface area (Å²) in [6.45, 7) is 0.449. The fourth-order valence-electron chi connectivity index (χ4n) is 3.42. The Labute approximate surface area is 163 Å². The first-order valence-corrected chi connectivity index (χ1v) is 8.94. The van der Waals surface area contributed by atoms with Crippen molar-refractivity contribution in [3.8, 4) is 0 Å². The third-order valence-electron chi connectivity index (χ3n) is 4.83. The number of hydrogen-bond acceptors (Lipinski definition) is 5. The molecule has 7 nitrogen and oxygen atoms in total. The molecule has 0 radical (unpaired) electrons. The minimum atomic E-state index is -0.536. The highest BCUT2D eigenvalue weighted by Gasteiger charge is 2.33. The summed E-state index contributed by atoms with van der Waals surface area (Å²) in [5.41, 5.74) is 2.65. The van der Waals surface area contributed by atoms with Crippen molar-refractivity contribution >= 4 is 23.7 Å². The number of esters is 2. The number of methoxy groups -OCH3 is 2. The molecule has 1 aliphatic heterocycles. The second-order valence-electron chi connectivity index (χ2n) is 6.41. The molecule has 0 bridgehead atoms. The van der Waals surface area contributed by atoms with Gasteiger partial charge in [0.15, 0.2) is 0 Å². The molecular weight excluding hydrogens is 360 g/mol. The largest absolute Gasteiger partial charge is 0.469 e. The Morgan fingerprint density at radius 3 is 2.50 bits per heavy atom. The van der Waals surface area contributed by atoms with Crippen molar-refractivity contribution in [1.82, 2.24) is 4.90 Å². The van der Waals surface area contributed by atoms with Crippen LogP contribution in [0.4, 0.5) is 10.5 Å². The molecule has 2 aromatic rings. The predicted octanol–water partition coefficient (Wildman–Crippen LogP) is 3.17. The SMILES string of the molecule is COC(=O)C[C@@H]1c2ccccc2CCN1C(=O)Nc1ccccc1C(=O)OC. The van der Waals surface area contributed by atoms with Crippen LogP contribution in [0.1, 0.15) is 33.9 Å². The molecule has 1 aliphatic rings. The van der Waals surface area contributed by atoms with Crippen molar-refractivity contribution in [2.75, 3.05) is 26.1 Å². The Bertz CT molecular complexity index is 896. The van der Waals surface area contributed by atoms with E-state index in [1.54, 1.807) is 29.2 Å². The number of nitrogens with one attached hydrogen (secondary N) is 1. The topological polar surface area (TPSA) is 84.9 Å². The lowest BCUT2D eigenvalue weighted by Crippen LogP contribution is -2.43. The van der Waals surface area contributed by atoms with Crippen molar-refractivity contribution in [3.05, 3.63) is 65.2 Å². The molecule has 0 spiro atoms. The highest BCUT2D eigenvalue weighted by Crippen LogP contribution is 2.33. The van der Waals surface area contributed by atoms with E-state index in [1.807, 2.05) is 24.3 Å². The maximum atomic E-state index is 13.0. The summed E-state index contributed by atoms with van der Waals surface area (Å²) < 4.78 is 9.59. The number of rotatable bonds is 4. The summed E-state index contributed by atoms with van der Waals surface area (Å²) in [6, 6.07) is 13.6. The molecule has 7 heteroatoms. The summed E-state index contributed by atoms with van der Waals surface area (Å²) in [5.74, 6) is -0.930. The fraction of sp³-hybridized carbons (Fsp3) is 0.286. The van der Waals surface area contributed by atoms with Gasteiger partial charge >= 0.3 is 18.0 Å². The van der Waals surface area contributed by atoms with Crippen LogP contribution in [0.25, 0.3) is 0 Å². The molecule has 0 saturated carbocycles. The van der Waals surface area contributed by atoms with Crippen LogP contribution in [0.5, 0.6) is 0 Å². The number of fused-ring (bicyclic) bond motifs is 1. The molecule has 0 unspecified atom stereocenters. The smallest absolute Gasteiger partial charge is 0.339 e. The number of anilines is 1. The average molecular weight is 382 g/mol. The zero-order valence-corrected chi connectivity index (χ0v) is 15.8. The van der Waals surface area contributed by atoms with Gasteiger partial charge in [-0.3, -0.25) is 4.79 Å². The third-order valence-corrected chi connectivity index (χ3v) is 4.83. The zero-order valence-electron chi connectivity index (χ0n) is 15.8. The van der Waals surface area contributed by atoms with Crippen LogP contribution < -0.4 is 5.32 Å². The van der Waals surface area contributed by atoms with Crippen LogP contribution in [-0.2, 0) is 20.7 Å². The van der Waals surface area contributed by atoms with Crippen molar-refractivity contribution in [2.24, 2.45) is 0 Å². The van der Waals surface area contributed by atoms with Gasteiger partial charge in [0.05, 0.1) is 37.9 Å². The third kappa shape index (κ3) is 3.98. The maximum absolute atomic E-state index is 13.0. The average Bonchev–Trinajstić information content (AvgIpc) is 2.73. The highest BCUT2D eigenvalue weighted by atomic mass is 16.5. The molecule has 3 rings (SSSR count). The standard InChI is InChI=1S/C21H22N2O5/c1-27-19(24)13-18-15-8-4-3-7-14(15)11-12-23(18)21(26)22-17-10-6-5-9-16(17)20(25)28-2/h3-10,18H,11-13H2,1-2H3,(H,22,26)/t18-/m1/s1. The normalized spacial score (nSPS) is 15.4. The second-order valence-corrected chi connectivity index (χ2v) is 6.41. The first kappa shape index (κ1) is 19.4. The lowest BCUT2D eigenvalue weighted by Gasteiger charge is -2.37. The molecule has 1 atom stereocenters. The van der Waals surface area contributed by atoms with E-state index in [0.717, 1.165) is 11.1 Å². The molecule has 2 aromatic carbocycles. The fourth-order valence-corrected chi connectivity index (χ4v) is 3.42. The van der Waals surface area contributed by atoms with E-state index in [0.29, 0.717) is 18.7 Å². The Hall–Kier alpha value is -3.35. The summed E-state index contributed by atoms with van der Waals surface area (Å²) in [4.78, 5) is 38.5. The molecule has 1 N–H and O–H groups in total. The van der Waals surface area contributed by atoms with E-state index in [1.165, 1.54) is 14.2 Å². The molecule has 2 amide bonds. The van der Waals surface area contributed by atoms with E-state index in [9.17, 15) is 14.4 Å². The van der Waals surface area contributed by atoms with Crippen LogP contribution in [0.15, 0.2) is 48.5 Å². The van der Waals surface area contributed by atoms with Crippen LogP contribution in [-0.4, -0.2) is 43.6 Å². The number of nitrogens with zero attached hydrogens (tertiary/aromatic N) is 1. The number of hydrogen-bond donors (Lipinski definition) is 1. The van der Waals surface area contributed by atoms with Gasteiger partial charge in [0.1, 0.15) is 0 Å². The number of carbonyl (C=O) groups excluding carboxylic acids is 3. The molecule has 0 fully saturated rings. The van der Waals surface area contributed by atoms with Crippen LogP contribution in [0.3, 0.4) is 0 Å². The highest BCUT2D eigenvalue weighted by molar-refractivity contribution is 6.01. The minimum Gasteiger partial charge on any atom is -0.469 e.